The molecule has 21 heavy (non-hydrogen) atoms. The summed E-state index contributed by atoms with van der Waals surface area (Å²) in [6, 6.07) is 10.2. The molecule has 3 heteroatoms. The van der Waals surface area contributed by atoms with Gasteiger partial charge >= 0.3 is 0 Å². The van der Waals surface area contributed by atoms with Crippen LogP contribution in [0.2, 0.25) is 0 Å². The van der Waals surface area contributed by atoms with E-state index in [-0.39, 0.29) is 23.8 Å². The molecule has 0 aromatic heterocycles. The largest absolute Gasteiger partial charge is 0.394 e. The van der Waals surface area contributed by atoms with Crippen LogP contribution in [0.5, 0.6) is 0 Å². The molecule has 1 aromatic rings. The van der Waals surface area contributed by atoms with Gasteiger partial charge < -0.3 is 5.11 Å². The molecule has 1 aliphatic rings. The molecule has 1 aliphatic heterocycles. The SMILES string of the molecule is CC1(C)CCCC(C)(C)N1O[C@H](CO)Cc1ccccc1. The average Bonchev–Trinajstić information content (AvgIpc) is 2.42. The Morgan fingerprint density at radius 2 is 1.67 bits per heavy atom. The second-order valence-electron chi connectivity index (χ2n) is 7.37. The molecule has 0 radical (unpaired) electrons. The molecule has 1 heterocycles. The zero-order chi connectivity index (χ0) is 15.5. The normalized spacial score (nSPS) is 22.9. The second-order valence-corrected chi connectivity index (χ2v) is 7.37. The molecular formula is C18H29NO2. The highest BCUT2D eigenvalue weighted by Gasteiger charge is 2.43. The van der Waals surface area contributed by atoms with Crippen LogP contribution in [0.4, 0.5) is 0 Å². The molecule has 0 amide bonds. The lowest BCUT2D eigenvalue weighted by Gasteiger charge is -2.52. The van der Waals surface area contributed by atoms with Crippen molar-refractivity contribution in [3.63, 3.8) is 0 Å². The molecule has 2 rings (SSSR count). The molecule has 1 atom stereocenters. The van der Waals surface area contributed by atoms with Gasteiger partial charge in [0.1, 0.15) is 6.10 Å². The van der Waals surface area contributed by atoms with E-state index in [9.17, 15) is 5.11 Å². The van der Waals surface area contributed by atoms with Crippen molar-refractivity contribution in [1.29, 1.82) is 0 Å². The first-order valence-corrected chi connectivity index (χ1v) is 7.97. The standard InChI is InChI=1S/C18H29NO2/c1-17(2)11-8-12-18(3,4)19(17)21-16(14-20)13-15-9-6-5-7-10-15/h5-7,9-10,16,20H,8,11-14H2,1-4H3/t16-/m0/s1. The Morgan fingerprint density at radius 1 is 1.10 bits per heavy atom. The van der Waals surface area contributed by atoms with Crippen LogP contribution in [0.25, 0.3) is 0 Å². The molecule has 1 saturated heterocycles. The molecule has 3 nitrogen and oxygen atoms in total. The maximum atomic E-state index is 9.71. The van der Waals surface area contributed by atoms with E-state index in [4.69, 9.17) is 4.84 Å². The van der Waals surface area contributed by atoms with Gasteiger partial charge in [0, 0.05) is 17.5 Å². The fourth-order valence-electron chi connectivity index (χ4n) is 3.42. The number of rotatable bonds is 5. The number of piperidine rings is 1. The van der Waals surface area contributed by atoms with Crippen LogP contribution in [0.3, 0.4) is 0 Å². The zero-order valence-electron chi connectivity index (χ0n) is 13.8. The lowest BCUT2D eigenvalue weighted by atomic mass is 9.82. The highest BCUT2D eigenvalue weighted by Crippen LogP contribution is 2.38. The number of hydroxylamine groups is 2. The Kier molecular flexibility index (Phi) is 5.07. The minimum absolute atomic E-state index is 0.00581. The number of hydrogen-bond donors (Lipinski definition) is 1. The van der Waals surface area contributed by atoms with Gasteiger partial charge in [-0.25, -0.2) is 0 Å². The van der Waals surface area contributed by atoms with E-state index < -0.39 is 0 Å². The van der Waals surface area contributed by atoms with Gasteiger partial charge in [-0.05, 0) is 52.5 Å². The van der Waals surface area contributed by atoms with Crippen LogP contribution in [0.1, 0.15) is 52.5 Å². The van der Waals surface area contributed by atoms with Crippen LogP contribution >= 0.6 is 0 Å². The Bertz CT molecular complexity index is 426. The number of nitrogens with zero attached hydrogens (tertiary/aromatic N) is 1. The van der Waals surface area contributed by atoms with Gasteiger partial charge in [0.15, 0.2) is 0 Å². The second kappa shape index (κ2) is 6.47. The van der Waals surface area contributed by atoms with Gasteiger partial charge in [0.05, 0.1) is 6.61 Å². The van der Waals surface area contributed by atoms with Crippen molar-refractivity contribution in [3.8, 4) is 0 Å². The predicted octanol–water partition coefficient (Wildman–Crippen LogP) is 3.56. The smallest absolute Gasteiger partial charge is 0.106 e. The Balaban J connectivity index is 2.09. The molecular weight excluding hydrogens is 262 g/mol. The van der Waals surface area contributed by atoms with Gasteiger partial charge in [-0.1, -0.05) is 30.3 Å². The first-order chi connectivity index (χ1) is 9.85. The van der Waals surface area contributed by atoms with Crippen LogP contribution in [-0.2, 0) is 11.3 Å². The van der Waals surface area contributed by atoms with Crippen molar-refractivity contribution in [2.24, 2.45) is 0 Å². The number of benzene rings is 1. The van der Waals surface area contributed by atoms with Crippen molar-refractivity contribution < 1.29 is 9.94 Å². The first-order valence-electron chi connectivity index (χ1n) is 7.97. The van der Waals surface area contributed by atoms with Crippen molar-refractivity contribution in [3.05, 3.63) is 35.9 Å². The van der Waals surface area contributed by atoms with Gasteiger partial charge in [-0.2, -0.15) is 5.06 Å². The minimum Gasteiger partial charge on any atom is -0.394 e. The van der Waals surface area contributed by atoms with Gasteiger partial charge in [-0.15, -0.1) is 0 Å². The third-order valence-corrected chi connectivity index (χ3v) is 4.44. The highest BCUT2D eigenvalue weighted by atomic mass is 16.7. The molecule has 118 valence electrons. The summed E-state index contributed by atoms with van der Waals surface area (Å²) in [6.45, 7) is 8.95. The Morgan fingerprint density at radius 3 is 2.19 bits per heavy atom. The van der Waals surface area contributed by atoms with Crippen LogP contribution in [-0.4, -0.2) is 34.0 Å². The molecule has 0 saturated carbocycles. The molecule has 1 fully saturated rings. The van der Waals surface area contributed by atoms with E-state index in [1.54, 1.807) is 0 Å². The first kappa shape index (κ1) is 16.5. The highest BCUT2D eigenvalue weighted by molar-refractivity contribution is 5.15. The zero-order valence-corrected chi connectivity index (χ0v) is 13.8. The van der Waals surface area contributed by atoms with Crippen molar-refractivity contribution in [2.45, 2.75) is 70.6 Å². The van der Waals surface area contributed by atoms with E-state index >= 15 is 0 Å². The summed E-state index contributed by atoms with van der Waals surface area (Å²) in [5.74, 6) is 0. The van der Waals surface area contributed by atoms with Crippen molar-refractivity contribution in [1.82, 2.24) is 5.06 Å². The van der Waals surface area contributed by atoms with Crippen molar-refractivity contribution in [2.75, 3.05) is 6.61 Å². The molecule has 0 aliphatic carbocycles. The summed E-state index contributed by atoms with van der Waals surface area (Å²) in [4.78, 5) is 6.26. The van der Waals surface area contributed by atoms with E-state index in [2.05, 4.69) is 44.9 Å². The van der Waals surface area contributed by atoms with Crippen LogP contribution in [0.15, 0.2) is 30.3 Å². The summed E-state index contributed by atoms with van der Waals surface area (Å²) in [7, 11) is 0. The summed E-state index contributed by atoms with van der Waals surface area (Å²) in [5, 5.41) is 11.8. The molecule has 1 aromatic carbocycles. The summed E-state index contributed by atoms with van der Waals surface area (Å²) >= 11 is 0. The predicted molar refractivity (Wildman–Crippen MR) is 86.0 cm³/mol. The minimum atomic E-state index is -0.191. The maximum absolute atomic E-state index is 9.71. The third kappa shape index (κ3) is 4.06. The topological polar surface area (TPSA) is 32.7 Å². The number of aliphatic hydroxyl groups is 1. The Hall–Kier alpha value is -0.900. The van der Waals surface area contributed by atoms with Crippen LogP contribution < -0.4 is 0 Å². The van der Waals surface area contributed by atoms with E-state index in [1.807, 2.05) is 18.2 Å². The average molecular weight is 291 g/mol. The summed E-state index contributed by atoms with van der Waals surface area (Å²) in [6.07, 6.45) is 4.02. The lowest BCUT2D eigenvalue weighted by Crippen LogP contribution is -2.59. The van der Waals surface area contributed by atoms with Gasteiger partial charge in [-0.3, -0.25) is 4.84 Å². The van der Waals surface area contributed by atoms with E-state index in [1.165, 1.54) is 12.0 Å². The summed E-state index contributed by atoms with van der Waals surface area (Å²) in [5.41, 5.74) is 1.21. The van der Waals surface area contributed by atoms with E-state index in [0.717, 1.165) is 19.3 Å². The molecule has 0 bridgehead atoms. The van der Waals surface area contributed by atoms with Crippen molar-refractivity contribution >= 4 is 0 Å². The summed E-state index contributed by atoms with van der Waals surface area (Å²) < 4.78 is 0. The van der Waals surface area contributed by atoms with Gasteiger partial charge in [0.2, 0.25) is 0 Å². The van der Waals surface area contributed by atoms with Gasteiger partial charge in [0.25, 0.3) is 0 Å². The Labute approximate surface area is 128 Å². The number of aliphatic hydroxyl groups excluding tert-OH is 1. The monoisotopic (exact) mass is 291 g/mol. The lowest BCUT2D eigenvalue weighted by molar-refractivity contribution is -0.308. The number of hydrogen-bond acceptors (Lipinski definition) is 3. The van der Waals surface area contributed by atoms with Crippen LogP contribution in [0, 0.1) is 0 Å². The molecule has 0 spiro atoms. The molecule has 1 N–H and O–H groups in total. The maximum Gasteiger partial charge on any atom is 0.106 e. The fourth-order valence-corrected chi connectivity index (χ4v) is 3.42. The fraction of sp³-hybridized carbons (Fsp3) is 0.667. The third-order valence-electron chi connectivity index (χ3n) is 4.44. The molecule has 0 unspecified atom stereocenters. The quantitative estimate of drug-likeness (QED) is 0.900. The van der Waals surface area contributed by atoms with E-state index in [0.29, 0.717) is 0 Å².